The van der Waals surface area contributed by atoms with Crippen molar-refractivity contribution >= 4 is 11.9 Å². The maximum absolute atomic E-state index is 11.7. The zero-order valence-corrected chi connectivity index (χ0v) is 17.8. The molecule has 0 aromatic rings. The first-order valence-electron chi connectivity index (χ1n) is 11.1. The summed E-state index contributed by atoms with van der Waals surface area (Å²) in [6.45, 7) is 2.88. The Bertz CT molecular complexity index is 466. The first-order chi connectivity index (χ1) is 13.7. The molecular weight excluding hydrogens is 350 g/mol. The minimum Gasteiger partial charge on any atom is -0.481 e. The quantitative estimate of drug-likeness (QED) is 0.199. The summed E-state index contributed by atoms with van der Waals surface area (Å²) in [6.07, 6.45) is 26.6. The molecule has 0 fully saturated rings. The number of hydrogen-bond donors (Lipinski definition) is 2. The van der Waals surface area contributed by atoms with Gasteiger partial charge in [0, 0.05) is 19.4 Å². The molecule has 4 nitrogen and oxygen atoms in total. The van der Waals surface area contributed by atoms with Crippen LogP contribution >= 0.6 is 0 Å². The fourth-order valence-electron chi connectivity index (χ4n) is 2.73. The molecule has 0 aromatic carbocycles. The smallest absolute Gasteiger partial charge is 0.303 e. The normalized spacial score (nSPS) is 11.8. The van der Waals surface area contributed by atoms with E-state index in [1.54, 1.807) is 0 Å². The monoisotopic (exact) mass is 391 g/mol. The molecule has 0 saturated carbocycles. The number of hydrogen-bond acceptors (Lipinski definition) is 2. The SMILES string of the molecule is CCCCC/C=C\C/C=C\C/C=C\CCCCC(=O)NCCCCCC(=O)O. The van der Waals surface area contributed by atoms with E-state index in [0.717, 1.165) is 44.9 Å². The molecule has 4 heteroatoms. The number of carboxylic acid groups (broad SMARTS) is 1. The third-order valence-corrected chi connectivity index (χ3v) is 4.43. The lowest BCUT2D eigenvalue weighted by Gasteiger charge is -2.04. The van der Waals surface area contributed by atoms with Crippen molar-refractivity contribution in [2.45, 2.75) is 96.8 Å². The summed E-state index contributed by atoms with van der Waals surface area (Å²) >= 11 is 0. The third kappa shape index (κ3) is 22.2. The standard InChI is InChI=1S/C24H41NO3/c1-2-3-4-5-6-7-8-9-10-11-12-13-14-15-17-20-23(26)25-22-19-16-18-21-24(27)28/h6-7,9-10,12-13H,2-5,8,11,14-22H2,1H3,(H,25,26)(H,27,28)/b7-6-,10-9-,13-12-. The molecule has 0 radical (unpaired) electrons. The van der Waals surface area contributed by atoms with Crippen molar-refractivity contribution in [2.24, 2.45) is 0 Å². The van der Waals surface area contributed by atoms with Crippen molar-refractivity contribution in [3.05, 3.63) is 36.5 Å². The molecule has 1 amide bonds. The Hall–Kier alpha value is -1.84. The van der Waals surface area contributed by atoms with Gasteiger partial charge in [-0.1, -0.05) is 62.6 Å². The van der Waals surface area contributed by atoms with Gasteiger partial charge in [0.15, 0.2) is 0 Å². The number of aliphatic carboxylic acids is 1. The molecule has 0 rings (SSSR count). The minimum atomic E-state index is -0.751. The van der Waals surface area contributed by atoms with Gasteiger partial charge in [-0.3, -0.25) is 9.59 Å². The highest BCUT2D eigenvalue weighted by Gasteiger charge is 2.00. The molecule has 0 saturated heterocycles. The van der Waals surface area contributed by atoms with Crippen LogP contribution in [0.4, 0.5) is 0 Å². The molecule has 0 bridgehead atoms. The highest BCUT2D eigenvalue weighted by atomic mass is 16.4. The molecule has 0 aromatic heterocycles. The van der Waals surface area contributed by atoms with Crippen LogP contribution in [-0.2, 0) is 9.59 Å². The van der Waals surface area contributed by atoms with Crippen LogP contribution in [0.25, 0.3) is 0 Å². The van der Waals surface area contributed by atoms with E-state index in [-0.39, 0.29) is 12.3 Å². The Balaban J connectivity index is 3.39. The van der Waals surface area contributed by atoms with Gasteiger partial charge in [0.05, 0.1) is 0 Å². The Kier molecular flexibility index (Phi) is 20.0. The number of carboxylic acids is 1. The van der Waals surface area contributed by atoms with Gasteiger partial charge in [0.2, 0.25) is 5.91 Å². The van der Waals surface area contributed by atoms with Gasteiger partial charge in [-0.25, -0.2) is 0 Å². The van der Waals surface area contributed by atoms with Gasteiger partial charge in [0.25, 0.3) is 0 Å². The van der Waals surface area contributed by atoms with Gasteiger partial charge >= 0.3 is 5.97 Å². The molecule has 160 valence electrons. The lowest BCUT2D eigenvalue weighted by Crippen LogP contribution is -2.23. The minimum absolute atomic E-state index is 0.105. The Morgan fingerprint density at radius 3 is 1.89 bits per heavy atom. The van der Waals surface area contributed by atoms with Crippen LogP contribution < -0.4 is 5.32 Å². The van der Waals surface area contributed by atoms with E-state index in [2.05, 4.69) is 48.7 Å². The second kappa shape index (κ2) is 21.5. The van der Waals surface area contributed by atoms with Gasteiger partial charge in [-0.05, 0) is 57.8 Å². The number of allylic oxidation sites excluding steroid dienone is 6. The third-order valence-electron chi connectivity index (χ3n) is 4.43. The molecule has 0 unspecified atom stereocenters. The number of unbranched alkanes of at least 4 members (excludes halogenated alkanes) is 7. The van der Waals surface area contributed by atoms with E-state index >= 15 is 0 Å². The van der Waals surface area contributed by atoms with Crippen LogP contribution in [0.15, 0.2) is 36.5 Å². The number of amides is 1. The fourth-order valence-corrected chi connectivity index (χ4v) is 2.73. The average molecular weight is 392 g/mol. The van der Waals surface area contributed by atoms with E-state index < -0.39 is 5.97 Å². The summed E-state index contributed by atoms with van der Waals surface area (Å²) in [5.41, 5.74) is 0. The summed E-state index contributed by atoms with van der Waals surface area (Å²) in [6, 6.07) is 0. The van der Waals surface area contributed by atoms with Gasteiger partial charge in [-0.15, -0.1) is 0 Å². The zero-order chi connectivity index (χ0) is 20.7. The first kappa shape index (κ1) is 26.2. The van der Waals surface area contributed by atoms with Crippen molar-refractivity contribution in [2.75, 3.05) is 6.54 Å². The average Bonchev–Trinajstić information content (AvgIpc) is 2.67. The van der Waals surface area contributed by atoms with E-state index in [0.29, 0.717) is 19.4 Å². The second-order valence-electron chi connectivity index (χ2n) is 7.18. The summed E-state index contributed by atoms with van der Waals surface area (Å²) in [7, 11) is 0. The molecule has 0 atom stereocenters. The summed E-state index contributed by atoms with van der Waals surface area (Å²) in [5.74, 6) is -0.646. The van der Waals surface area contributed by atoms with E-state index in [9.17, 15) is 9.59 Å². The summed E-state index contributed by atoms with van der Waals surface area (Å²) in [4.78, 5) is 22.1. The molecule has 0 aliphatic carbocycles. The molecule has 0 aliphatic rings. The van der Waals surface area contributed by atoms with Crippen molar-refractivity contribution < 1.29 is 14.7 Å². The van der Waals surface area contributed by atoms with Crippen molar-refractivity contribution in [3.8, 4) is 0 Å². The lowest BCUT2D eigenvalue weighted by atomic mass is 10.1. The maximum Gasteiger partial charge on any atom is 0.303 e. The highest BCUT2D eigenvalue weighted by Crippen LogP contribution is 2.03. The molecule has 28 heavy (non-hydrogen) atoms. The molecule has 0 aliphatic heterocycles. The van der Waals surface area contributed by atoms with Crippen molar-refractivity contribution in [3.63, 3.8) is 0 Å². The molecular formula is C24H41NO3. The molecule has 2 N–H and O–H groups in total. The van der Waals surface area contributed by atoms with Crippen molar-refractivity contribution in [1.82, 2.24) is 5.32 Å². The van der Waals surface area contributed by atoms with E-state index in [1.807, 2.05) is 0 Å². The Morgan fingerprint density at radius 1 is 0.714 bits per heavy atom. The van der Waals surface area contributed by atoms with Crippen LogP contribution in [0.3, 0.4) is 0 Å². The molecule has 0 spiro atoms. The number of nitrogens with one attached hydrogen (secondary N) is 1. The Morgan fingerprint density at radius 2 is 1.29 bits per heavy atom. The largest absolute Gasteiger partial charge is 0.481 e. The van der Waals surface area contributed by atoms with Gasteiger partial charge in [-0.2, -0.15) is 0 Å². The summed E-state index contributed by atoms with van der Waals surface area (Å²) < 4.78 is 0. The maximum atomic E-state index is 11.7. The van der Waals surface area contributed by atoms with Crippen LogP contribution in [0.2, 0.25) is 0 Å². The van der Waals surface area contributed by atoms with Crippen LogP contribution in [0, 0.1) is 0 Å². The predicted octanol–water partition coefficient (Wildman–Crippen LogP) is 6.34. The number of carbonyl (C=O) groups excluding carboxylic acids is 1. The predicted molar refractivity (Wildman–Crippen MR) is 118 cm³/mol. The first-order valence-corrected chi connectivity index (χ1v) is 11.1. The lowest BCUT2D eigenvalue weighted by molar-refractivity contribution is -0.137. The van der Waals surface area contributed by atoms with Crippen LogP contribution in [0.1, 0.15) is 96.8 Å². The summed E-state index contributed by atoms with van der Waals surface area (Å²) in [5, 5.41) is 11.4. The van der Waals surface area contributed by atoms with E-state index in [1.165, 1.54) is 25.7 Å². The highest BCUT2D eigenvalue weighted by molar-refractivity contribution is 5.75. The van der Waals surface area contributed by atoms with E-state index in [4.69, 9.17) is 5.11 Å². The fraction of sp³-hybridized carbons (Fsp3) is 0.667. The molecule has 0 heterocycles. The zero-order valence-electron chi connectivity index (χ0n) is 17.8. The second-order valence-corrected chi connectivity index (χ2v) is 7.18. The number of carbonyl (C=O) groups is 2. The van der Waals surface area contributed by atoms with Crippen LogP contribution in [-0.4, -0.2) is 23.5 Å². The van der Waals surface area contributed by atoms with Crippen molar-refractivity contribution in [1.29, 1.82) is 0 Å². The Labute approximate surface area is 172 Å². The number of rotatable bonds is 19. The van der Waals surface area contributed by atoms with Gasteiger partial charge < -0.3 is 10.4 Å². The van der Waals surface area contributed by atoms with Gasteiger partial charge in [0.1, 0.15) is 0 Å². The topological polar surface area (TPSA) is 66.4 Å². The van der Waals surface area contributed by atoms with Crippen LogP contribution in [0.5, 0.6) is 0 Å².